The molecule has 0 aliphatic carbocycles. The maximum absolute atomic E-state index is 13.2. The maximum atomic E-state index is 13.2. The first kappa shape index (κ1) is 15.3. The molecule has 2 rings (SSSR count). The van der Waals surface area contributed by atoms with Crippen molar-refractivity contribution in [2.75, 3.05) is 0 Å². The van der Waals surface area contributed by atoms with Gasteiger partial charge in [-0.15, -0.1) is 0 Å². The van der Waals surface area contributed by atoms with Crippen molar-refractivity contribution in [3.8, 4) is 0 Å². The van der Waals surface area contributed by atoms with Gasteiger partial charge in [0, 0.05) is 17.5 Å². The molecule has 112 valence electrons. The molecule has 0 unspecified atom stereocenters. The van der Waals surface area contributed by atoms with E-state index in [1.165, 1.54) is 0 Å². The molecule has 0 saturated carbocycles. The van der Waals surface area contributed by atoms with Crippen LogP contribution in [0.1, 0.15) is 5.82 Å². The summed E-state index contributed by atoms with van der Waals surface area (Å²) in [5.74, 6) is -7.19. The lowest BCUT2D eigenvalue weighted by molar-refractivity contribution is -0.384. The molecule has 0 spiro atoms. The molecule has 0 radical (unpaired) electrons. The monoisotopic (exact) mass is 327 g/mol. The Morgan fingerprint density at radius 3 is 2.29 bits per heavy atom. The number of fused-ring (bicyclic) bond motifs is 1. The Kier molecular flexibility index (Phi) is 3.44. The highest BCUT2D eigenvalue weighted by atomic mass is 35.5. The number of nitro groups is 1. The van der Waals surface area contributed by atoms with Crippen molar-refractivity contribution in [2.24, 2.45) is 0 Å². The van der Waals surface area contributed by atoms with Crippen LogP contribution in [0.15, 0.2) is 18.2 Å². The lowest BCUT2D eigenvalue weighted by Crippen LogP contribution is -2.35. The summed E-state index contributed by atoms with van der Waals surface area (Å²) in [5.41, 5.74) is -1.01. The van der Waals surface area contributed by atoms with Gasteiger partial charge in [-0.3, -0.25) is 10.1 Å². The van der Waals surface area contributed by atoms with Crippen molar-refractivity contribution < 1.29 is 26.9 Å². The standard InChI is InChI=1S/C10H3ClF5N3O2/c11-7-5-2-1-4(19(20)21)3-6(5)17-8(18-7)9(12,13)10(14,15)16/h1-3H. The van der Waals surface area contributed by atoms with Gasteiger partial charge in [0.25, 0.3) is 5.69 Å². The maximum Gasteiger partial charge on any atom is 0.461 e. The van der Waals surface area contributed by atoms with E-state index >= 15 is 0 Å². The number of benzene rings is 1. The minimum absolute atomic E-state index is 0.0796. The van der Waals surface area contributed by atoms with Gasteiger partial charge in [0.15, 0.2) is 0 Å². The molecule has 0 aliphatic heterocycles. The first-order chi connectivity index (χ1) is 9.54. The predicted octanol–water partition coefficient (Wildman–Crippen LogP) is 3.85. The molecule has 0 bridgehead atoms. The average molecular weight is 328 g/mol. The summed E-state index contributed by atoms with van der Waals surface area (Å²) in [6.07, 6.45) is -5.91. The summed E-state index contributed by atoms with van der Waals surface area (Å²) in [5, 5.41) is 9.83. The lowest BCUT2D eigenvalue weighted by atomic mass is 10.2. The summed E-state index contributed by atoms with van der Waals surface area (Å²) in [6, 6.07) is 2.79. The largest absolute Gasteiger partial charge is 0.461 e. The van der Waals surface area contributed by atoms with Crippen LogP contribution in [0, 0.1) is 10.1 Å². The van der Waals surface area contributed by atoms with E-state index in [9.17, 15) is 32.1 Å². The van der Waals surface area contributed by atoms with E-state index in [-0.39, 0.29) is 5.39 Å². The van der Waals surface area contributed by atoms with Crippen LogP contribution in [0.2, 0.25) is 5.15 Å². The van der Waals surface area contributed by atoms with Crippen molar-refractivity contribution in [1.82, 2.24) is 9.97 Å². The van der Waals surface area contributed by atoms with Gasteiger partial charge in [-0.2, -0.15) is 22.0 Å². The molecule has 1 heterocycles. The molecule has 0 saturated heterocycles. The minimum atomic E-state index is -5.91. The molecule has 21 heavy (non-hydrogen) atoms. The van der Waals surface area contributed by atoms with Gasteiger partial charge in [0.05, 0.1) is 10.4 Å². The number of hydrogen-bond donors (Lipinski definition) is 0. The normalized spacial score (nSPS) is 12.7. The van der Waals surface area contributed by atoms with Gasteiger partial charge in [-0.25, -0.2) is 9.97 Å². The number of aromatic nitrogens is 2. The third kappa shape index (κ3) is 2.58. The molecule has 5 nitrogen and oxygen atoms in total. The van der Waals surface area contributed by atoms with Crippen molar-refractivity contribution in [2.45, 2.75) is 12.1 Å². The Labute approximate surface area is 117 Å². The van der Waals surface area contributed by atoms with Crippen LogP contribution in [0.4, 0.5) is 27.6 Å². The van der Waals surface area contributed by atoms with E-state index in [0.29, 0.717) is 0 Å². The van der Waals surface area contributed by atoms with Gasteiger partial charge < -0.3 is 0 Å². The van der Waals surface area contributed by atoms with Crippen LogP contribution in [-0.2, 0) is 5.92 Å². The summed E-state index contributed by atoms with van der Waals surface area (Å²) < 4.78 is 63.2. The van der Waals surface area contributed by atoms with E-state index in [2.05, 4.69) is 9.97 Å². The summed E-state index contributed by atoms with van der Waals surface area (Å²) in [6.45, 7) is 0. The minimum Gasteiger partial charge on any atom is -0.258 e. The summed E-state index contributed by atoms with van der Waals surface area (Å²) >= 11 is 5.53. The van der Waals surface area contributed by atoms with Gasteiger partial charge in [0.2, 0.25) is 5.82 Å². The number of alkyl halides is 5. The van der Waals surface area contributed by atoms with E-state index in [4.69, 9.17) is 11.6 Å². The molecule has 0 fully saturated rings. The van der Waals surface area contributed by atoms with Crippen molar-refractivity contribution >= 4 is 28.2 Å². The highest BCUT2D eigenvalue weighted by Crippen LogP contribution is 2.43. The number of hydrogen-bond acceptors (Lipinski definition) is 4. The molecule has 2 aromatic rings. The quantitative estimate of drug-likeness (QED) is 0.363. The third-order valence-corrected chi connectivity index (χ3v) is 2.77. The Hall–Kier alpha value is -2.10. The van der Waals surface area contributed by atoms with Gasteiger partial charge in [-0.05, 0) is 6.07 Å². The van der Waals surface area contributed by atoms with Gasteiger partial charge in [0.1, 0.15) is 5.15 Å². The van der Waals surface area contributed by atoms with E-state index in [1.807, 2.05) is 0 Å². The highest BCUT2D eigenvalue weighted by Gasteiger charge is 2.61. The molecule has 11 heteroatoms. The molecular formula is C10H3ClF5N3O2. The Bertz CT molecular complexity index is 734. The fourth-order valence-corrected chi connectivity index (χ4v) is 1.70. The smallest absolute Gasteiger partial charge is 0.258 e. The number of rotatable bonds is 2. The van der Waals surface area contributed by atoms with E-state index < -0.39 is 39.2 Å². The number of non-ortho nitro benzene ring substituents is 1. The van der Waals surface area contributed by atoms with Crippen LogP contribution >= 0.6 is 11.6 Å². The zero-order valence-corrected chi connectivity index (χ0v) is 10.4. The second kappa shape index (κ2) is 4.72. The van der Waals surface area contributed by atoms with Gasteiger partial charge in [-0.1, -0.05) is 11.6 Å². The van der Waals surface area contributed by atoms with Crippen LogP contribution < -0.4 is 0 Å². The fraction of sp³-hybridized carbons (Fsp3) is 0.200. The van der Waals surface area contributed by atoms with Crippen molar-refractivity contribution in [1.29, 1.82) is 0 Å². The van der Waals surface area contributed by atoms with Crippen LogP contribution in [0.25, 0.3) is 10.9 Å². The molecular weight excluding hydrogens is 325 g/mol. The van der Waals surface area contributed by atoms with E-state index in [1.54, 1.807) is 0 Å². The second-order valence-electron chi connectivity index (χ2n) is 3.87. The van der Waals surface area contributed by atoms with Crippen LogP contribution in [0.5, 0.6) is 0 Å². The number of nitrogens with zero attached hydrogens (tertiary/aromatic N) is 3. The number of halogens is 6. The number of nitro benzene ring substituents is 1. The predicted molar refractivity (Wildman–Crippen MR) is 61.2 cm³/mol. The topological polar surface area (TPSA) is 68.9 Å². The lowest BCUT2D eigenvalue weighted by Gasteiger charge is -2.18. The molecule has 1 aromatic heterocycles. The summed E-state index contributed by atoms with van der Waals surface area (Å²) in [7, 11) is 0. The summed E-state index contributed by atoms with van der Waals surface area (Å²) in [4.78, 5) is 15.7. The SMILES string of the molecule is O=[N+]([O-])c1ccc2c(Cl)nc(C(F)(F)C(F)(F)F)nc2c1. The van der Waals surface area contributed by atoms with E-state index in [0.717, 1.165) is 18.2 Å². The Morgan fingerprint density at radius 1 is 1.14 bits per heavy atom. The first-order valence-corrected chi connectivity index (χ1v) is 5.48. The molecule has 0 aliphatic rings. The second-order valence-corrected chi connectivity index (χ2v) is 4.23. The zero-order valence-electron chi connectivity index (χ0n) is 9.66. The highest BCUT2D eigenvalue weighted by molar-refractivity contribution is 6.34. The molecule has 0 atom stereocenters. The Balaban J connectivity index is 2.71. The van der Waals surface area contributed by atoms with Gasteiger partial charge >= 0.3 is 12.1 Å². The molecule has 0 amide bonds. The molecule has 0 N–H and O–H groups in total. The zero-order chi connectivity index (χ0) is 16.0. The van der Waals surface area contributed by atoms with Crippen LogP contribution in [0.3, 0.4) is 0 Å². The first-order valence-electron chi connectivity index (χ1n) is 5.11. The van der Waals surface area contributed by atoms with Crippen molar-refractivity contribution in [3.05, 3.63) is 39.3 Å². The fourth-order valence-electron chi connectivity index (χ4n) is 1.46. The average Bonchev–Trinajstić information content (AvgIpc) is 2.36. The molecule has 1 aromatic carbocycles. The van der Waals surface area contributed by atoms with Crippen molar-refractivity contribution in [3.63, 3.8) is 0 Å². The van der Waals surface area contributed by atoms with Crippen LogP contribution in [-0.4, -0.2) is 21.1 Å². The third-order valence-electron chi connectivity index (χ3n) is 2.48. The Morgan fingerprint density at radius 2 is 1.76 bits per heavy atom.